The number of hydrogen-bond acceptors (Lipinski definition) is 4. The fourth-order valence-electron chi connectivity index (χ4n) is 4.05. The van der Waals surface area contributed by atoms with E-state index in [4.69, 9.17) is 0 Å². The monoisotopic (exact) mass is 523 g/mol. The molecule has 0 saturated heterocycles. The zero-order valence-electron chi connectivity index (χ0n) is 20.2. The Morgan fingerprint density at radius 1 is 0.974 bits per heavy atom. The molecule has 1 N–H and O–H groups in total. The van der Waals surface area contributed by atoms with Crippen LogP contribution in [0, 0.1) is 5.82 Å². The van der Waals surface area contributed by atoms with E-state index >= 15 is 0 Å². The SMILES string of the molecule is Cn1cc(Cc2cc(NC(=O)c3ccc(C(F)(F)F)c(-c4ccn(C)n4)c3)n(-c3ccc(F)cc3)n2)cn1. The van der Waals surface area contributed by atoms with Crippen LogP contribution in [0.5, 0.6) is 0 Å². The highest BCUT2D eigenvalue weighted by molar-refractivity contribution is 6.04. The molecule has 8 nitrogen and oxygen atoms in total. The molecule has 0 bridgehead atoms. The second kappa shape index (κ2) is 9.61. The zero-order valence-corrected chi connectivity index (χ0v) is 20.2. The highest BCUT2D eigenvalue weighted by atomic mass is 19.4. The van der Waals surface area contributed by atoms with Crippen LogP contribution in [-0.2, 0) is 26.7 Å². The number of aromatic nitrogens is 6. The number of amides is 1. The van der Waals surface area contributed by atoms with Crippen LogP contribution in [0.25, 0.3) is 16.9 Å². The first-order valence-electron chi connectivity index (χ1n) is 11.4. The third kappa shape index (κ3) is 5.19. The fraction of sp³-hybridized carbons (Fsp3) is 0.154. The van der Waals surface area contributed by atoms with Crippen molar-refractivity contribution in [3.8, 4) is 16.9 Å². The lowest BCUT2D eigenvalue weighted by Gasteiger charge is -2.14. The van der Waals surface area contributed by atoms with Crippen molar-refractivity contribution >= 4 is 11.7 Å². The summed E-state index contributed by atoms with van der Waals surface area (Å²) in [5.74, 6) is -0.819. The number of carbonyl (C=O) groups is 1. The molecule has 0 fully saturated rings. The number of nitrogens with one attached hydrogen (secondary N) is 1. The van der Waals surface area contributed by atoms with Gasteiger partial charge in [-0.05, 0) is 54.1 Å². The van der Waals surface area contributed by atoms with Crippen molar-refractivity contribution in [1.82, 2.24) is 29.3 Å². The molecule has 0 spiro atoms. The lowest BCUT2D eigenvalue weighted by molar-refractivity contribution is -0.137. The Kier molecular flexibility index (Phi) is 6.31. The van der Waals surface area contributed by atoms with Gasteiger partial charge in [0.1, 0.15) is 11.6 Å². The zero-order chi connectivity index (χ0) is 27.0. The maximum atomic E-state index is 13.7. The summed E-state index contributed by atoms with van der Waals surface area (Å²) in [5, 5.41) is 15.5. The molecule has 0 unspecified atom stereocenters. The van der Waals surface area contributed by atoms with E-state index in [0.717, 1.165) is 23.8 Å². The molecule has 0 atom stereocenters. The van der Waals surface area contributed by atoms with Crippen LogP contribution in [0.4, 0.5) is 23.4 Å². The summed E-state index contributed by atoms with van der Waals surface area (Å²) in [5.41, 5.74) is 0.943. The first-order valence-corrected chi connectivity index (χ1v) is 11.4. The van der Waals surface area contributed by atoms with E-state index < -0.39 is 23.5 Å². The minimum absolute atomic E-state index is 0.000631. The predicted molar refractivity (Wildman–Crippen MR) is 131 cm³/mol. The summed E-state index contributed by atoms with van der Waals surface area (Å²) in [6, 6.07) is 11.8. The van der Waals surface area contributed by atoms with Crippen molar-refractivity contribution < 1.29 is 22.4 Å². The van der Waals surface area contributed by atoms with E-state index in [2.05, 4.69) is 20.6 Å². The molecule has 5 aromatic rings. The molecule has 2 aromatic carbocycles. The van der Waals surface area contributed by atoms with Gasteiger partial charge in [0.15, 0.2) is 0 Å². The van der Waals surface area contributed by atoms with Crippen LogP contribution >= 0.6 is 0 Å². The van der Waals surface area contributed by atoms with Crippen LogP contribution in [0.3, 0.4) is 0 Å². The Bertz CT molecular complexity index is 1610. The second-order valence-electron chi connectivity index (χ2n) is 8.70. The molecule has 0 saturated carbocycles. The Labute approximate surface area is 214 Å². The quantitative estimate of drug-likeness (QED) is 0.318. The van der Waals surface area contributed by atoms with Gasteiger partial charge >= 0.3 is 6.18 Å². The van der Waals surface area contributed by atoms with Gasteiger partial charge in [-0.15, -0.1) is 0 Å². The maximum absolute atomic E-state index is 13.7. The first kappa shape index (κ1) is 24.9. The lowest BCUT2D eigenvalue weighted by atomic mass is 10.0. The largest absolute Gasteiger partial charge is 0.417 e. The average Bonchev–Trinajstić information content (AvgIpc) is 3.59. The molecule has 5 rings (SSSR count). The van der Waals surface area contributed by atoms with Crippen LogP contribution in [0.15, 0.2) is 73.2 Å². The Hall–Kier alpha value is -4.74. The van der Waals surface area contributed by atoms with Gasteiger partial charge in [-0.25, -0.2) is 9.07 Å². The van der Waals surface area contributed by atoms with Crippen molar-refractivity contribution in [3.05, 3.63) is 101 Å². The van der Waals surface area contributed by atoms with Gasteiger partial charge in [-0.3, -0.25) is 14.2 Å². The molecule has 0 aliphatic rings. The predicted octanol–water partition coefficient (Wildman–Crippen LogP) is 5.01. The highest BCUT2D eigenvalue weighted by Crippen LogP contribution is 2.37. The van der Waals surface area contributed by atoms with Crippen molar-refractivity contribution in [2.75, 3.05) is 5.32 Å². The lowest BCUT2D eigenvalue weighted by Crippen LogP contribution is -2.16. The number of anilines is 1. The molecule has 3 heterocycles. The van der Waals surface area contributed by atoms with E-state index in [1.165, 1.54) is 45.9 Å². The summed E-state index contributed by atoms with van der Waals surface area (Å²) in [6.07, 6.45) is 0.819. The van der Waals surface area contributed by atoms with Gasteiger partial charge in [-0.2, -0.15) is 28.5 Å². The number of halogens is 4. The number of carbonyl (C=O) groups excluding carboxylic acids is 1. The molecule has 0 aliphatic carbocycles. The number of rotatable bonds is 6. The van der Waals surface area contributed by atoms with Gasteiger partial charge < -0.3 is 5.32 Å². The topological polar surface area (TPSA) is 82.6 Å². The standard InChI is InChI=1S/C26H21F4N7O/c1-35-10-9-23(34-35)21-12-17(3-8-22(21)26(28,29)30)25(38)32-24-13-19(11-16-14-31-36(2)15-16)33-37(24)20-6-4-18(27)5-7-20/h3-10,12-15H,11H2,1-2H3,(H,32,38). The maximum Gasteiger partial charge on any atom is 0.417 e. The Morgan fingerprint density at radius 2 is 1.74 bits per heavy atom. The molecular formula is C26H21F4N7O. The molecule has 0 aliphatic heterocycles. The molecular weight excluding hydrogens is 502 g/mol. The van der Waals surface area contributed by atoms with Crippen LogP contribution < -0.4 is 5.32 Å². The molecule has 194 valence electrons. The minimum Gasteiger partial charge on any atom is -0.306 e. The fourth-order valence-corrected chi connectivity index (χ4v) is 4.05. The average molecular weight is 523 g/mol. The number of alkyl halides is 3. The third-order valence-electron chi connectivity index (χ3n) is 5.79. The molecule has 0 radical (unpaired) electrons. The van der Waals surface area contributed by atoms with Crippen molar-refractivity contribution in [3.63, 3.8) is 0 Å². The molecule has 38 heavy (non-hydrogen) atoms. The first-order chi connectivity index (χ1) is 18.1. The Morgan fingerprint density at radius 3 is 2.37 bits per heavy atom. The normalized spacial score (nSPS) is 11.6. The van der Waals surface area contributed by atoms with E-state index in [1.807, 2.05) is 6.20 Å². The van der Waals surface area contributed by atoms with Gasteiger partial charge in [0, 0.05) is 50.1 Å². The minimum atomic E-state index is -4.63. The number of hydrogen-bond donors (Lipinski definition) is 1. The summed E-state index contributed by atoms with van der Waals surface area (Å²) in [6.45, 7) is 0. The van der Waals surface area contributed by atoms with Gasteiger partial charge in [-0.1, -0.05) is 0 Å². The second-order valence-corrected chi connectivity index (χ2v) is 8.70. The van der Waals surface area contributed by atoms with Crippen molar-refractivity contribution in [2.45, 2.75) is 12.6 Å². The summed E-state index contributed by atoms with van der Waals surface area (Å²) in [7, 11) is 3.38. The van der Waals surface area contributed by atoms with E-state index in [0.29, 0.717) is 17.8 Å². The summed E-state index contributed by atoms with van der Waals surface area (Å²) >= 11 is 0. The van der Waals surface area contributed by atoms with E-state index in [1.54, 1.807) is 31.0 Å². The number of benzene rings is 2. The van der Waals surface area contributed by atoms with E-state index in [-0.39, 0.29) is 22.6 Å². The number of aryl methyl sites for hydroxylation is 2. The molecule has 1 amide bonds. The van der Waals surface area contributed by atoms with Crippen LogP contribution in [0.1, 0.15) is 27.2 Å². The summed E-state index contributed by atoms with van der Waals surface area (Å²) < 4.78 is 59.1. The summed E-state index contributed by atoms with van der Waals surface area (Å²) in [4.78, 5) is 13.2. The van der Waals surface area contributed by atoms with Gasteiger partial charge in [0.2, 0.25) is 0 Å². The van der Waals surface area contributed by atoms with E-state index in [9.17, 15) is 22.4 Å². The number of nitrogens with zero attached hydrogens (tertiary/aromatic N) is 6. The van der Waals surface area contributed by atoms with Gasteiger partial charge in [0.05, 0.1) is 28.8 Å². The van der Waals surface area contributed by atoms with Gasteiger partial charge in [0.25, 0.3) is 5.91 Å². The smallest absolute Gasteiger partial charge is 0.306 e. The Balaban J connectivity index is 1.51. The van der Waals surface area contributed by atoms with Crippen LogP contribution in [-0.4, -0.2) is 35.2 Å². The van der Waals surface area contributed by atoms with Crippen molar-refractivity contribution in [1.29, 1.82) is 0 Å². The van der Waals surface area contributed by atoms with Crippen molar-refractivity contribution in [2.24, 2.45) is 14.1 Å². The highest BCUT2D eigenvalue weighted by Gasteiger charge is 2.34. The molecule has 12 heteroatoms. The molecule has 3 aromatic heterocycles. The van der Waals surface area contributed by atoms with Crippen LogP contribution in [0.2, 0.25) is 0 Å². The third-order valence-corrected chi connectivity index (χ3v) is 5.79.